The molecule has 3 aromatic rings. The van der Waals surface area contributed by atoms with Crippen LogP contribution in [0.3, 0.4) is 0 Å². The van der Waals surface area contributed by atoms with Crippen LogP contribution in [0, 0.1) is 11.2 Å². The number of halogens is 1. The highest BCUT2D eigenvalue weighted by molar-refractivity contribution is 5.62. The van der Waals surface area contributed by atoms with Crippen LogP contribution in [0.15, 0.2) is 60.4 Å². The highest BCUT2D eigenvalue weighted by Crippen LogP contribution is 2.56. The Kier molecular flexibility index (Phi) is 4.17. The number of aryl methyl sites for hydroxylation is 1. The number of hydrogen-bond donors (Lipinski definition) is 1. The molecule has 1 aromatic carbocycles. The van der Waals surface area contributed by atoms with E-state index in [2.05, 4.69) is 23.1 Å². The Morgan fingerprint density at radius 3 is 2.76 bits per heavy atom. The third-order valence-electron chi connectivity index (χ3n) is 6.88. The predicted molar refractivity (Wildman–Crippen MR) is 110 cm³/mol. The Labute approximate surface area is 169 Å². The van der Waals surface area contributed by atoms with Gasteiger partial charge in [-0.1, -0.05) is 18.6 Å². The molecule has 4 nitrogen and oxygen atoms in total. The molecule has 2 aromatic heterocycles. The summed E-state index contributed by atoms with van der Waals surface area (Å²) in [6.07, 6.45) is 9.73. The molecule has 2 atom stereocenters. The van der Waals surface area contributed by atoms with E-state index in [9.17, 15) is 9.50 Å². The lowest BCUT2D eigenvalue weighted by atomic mass is 9.66. The van der Waals surface area contributed by atoms with Gasteiger partial charge in [-0.05, 0) is 80.1 Å². The summed E-state index contributed by atoms with van der Waals surface area (Å²) >= 11 is 0. The molecule has 0 aliphatic heterocycles. The third-order valence-corrected chi connectivity index (χ3v) is 6.88. The lowest BCUT2D eigenvalue weighted by Gasteiger charge is -2.42. The van der Waals surface area contributed by atoms with Crippen LogP contribution in [0.4, 0.5) is 4.39 Å². The monoisotopic (exact) mass is 389 g/mol. The number of rotatable bonds is 4. The lowest BCUT2D eigenvalue weighted by Crippen LogP contribution is -2.45. The van der Waals surface area contributed by atoms with Crippen molar-refractivity contribution in [2.75, 3.05) is 0 Å². The maximum absolute atomic E-state index is 13.3. The van der Waals surface area contributed by atoms with Crippen molar-refractivity contribution in [2.45, 2.75) is 44.6 Å². The zero-order chi connectivity index (χ0) is 20.1. The van der Waals surface area contributed by atoms with Crippen LogP contribution in [0.5, 0.6) is 0 Å². The van der Waals surface area contributed by atoms with Gasteiger partial charge in [0, 0.05) is 17.3 Å². The smallest absolute Gasteiger partial charge is 0.123 e. The molecule has 5 heteroatoms. The third kappa shape index (κ3) is 2.92. The van der Waals surface area contributed by atoms with Crippen LogP contribution in [0.25, 0.3) is 11.8 Å². The first-order valence-electron chi connectivity index (χ1n) is 10.1. The van der Waals surface area contributed by atoms with E-state index in [0.717, 1.165) is 48.3 Å². The van der Waals surface area contributed by atoms with Gasteiger partial charge in [-0.2, -0.15) is 5.10 Å². The van der Waals surface area contributed by atoms with Crippen LogP contribution < -0.4 is 0 Å². The highest BCUT2D eigenvalue weighted by atomic mass is 19.1. The Bertz CT molecular complexity index is 1070. The zero-order valence-electron chi connectivity index (χ0n) is 16.5. The van der Waals surface area contributed by atoms with Gasteiger partial charge >= 0.3 is 0 Å². The average molecular weight is 389 g/mol. The molecule has 29 heavy (non-hydrogen) atoms. The first-order chi connectivity index (χ1) is 14.0. The summed E-state index contributed by atoms with van der Waals surface area (Å²) < 4.78 is 15.2. The summed E-state index contributed by atoms with van der Waals surface area (Å²) in [6.45, 7) is 2.18. The summed E-state index contributed by atoms with van der Waals surface area (Å²) in [5.41, 5.74) is 4.24. The molecule has 0 amide bonds. The van der Waals surface area contributed by atoms with Crippen molar-refractivity contribution in [1.82, 2.24) is 14.8 Å². The molecule has 0 bridgehead atoms. The minimum atomic E-state index is -0.758. The van der Waals surface area contributed by atoms with Crippen molar-refractivity contribution >= 4 is 6.08 Å². The quantitative estimate of drug-likeness (QED) is 0.714. The molecular weight excluding hydrogens is 365 g/mol. The predicted octanol–water partition coefficient (Wildman–Crippen LogP) is 4.51. The summed E-state index contributed by atoms with van der Waals surface area (Å²) in [5.74, 6) is -0.255. The second-order valence-corrected chi connectivity index (χ2v) is 8.47. The van der Waals surface area contributed by atoms with Crippen molar-refractivity contribution < 1.29 is 9.50 Å². The molecule has 0 saturated heterocycles. The minimum Gasteiger partial charge on any atom is -0.389 e. The molecule has 5 rings (SSSR count). The molecule has 148 valence electrons. The first-order valence-corrected chi connectivity index (χ1v) is 10.1. The fourth-order valence-electron chi connectivity index (χ4n) is 5.00. The number of nitrogens with zero attached hydrogens (tertiary/aromatic N) is 3. The molecule has 0 radical (unpaired) electrons. The Morgan fingerprint density at radius 1 is 1.17 bits per heavy atom. The largest absolute Gasteiger partial charge is 0.389 e. The maximum Gasteiger partial charge on any atom is 0.123 e. The summed E-state index contributed by atoms with van der Waals surface area (Å²) in [6, 6.07) is 12.3. The van der Waals surface area contributed by atoms with Crippen molar-refractivity contribution in [3.05, 3.63) is 83.2 Å². The molecule has 1 N–H and O–H groups in total. The van der Waals surface area contributed by atoms with E-state index < -0.39 is 5.60 Å². The zero-order valence-corrected chi connectivity index (χ0v) is 16.5. The van der Waals surface area contributed by atoms with Gasteiger partial charge in [0.1, 0.15) is 5.82 Å². The van der Waals surface area contributed by atoms with Gasteiger partial charge in [0.05, 0.1) is 23.2 Å². The Balaban J connectivity index is 1.45. The van der Waals surface area contributed by atoms with Crippen molar-refractivity contribution in [3.63, 3.8) is 0 Å². The van der Waals surface area contributed by atoms with E-state index in [0.29, 0.717) is 6.42 Å². The molecule has 2 aliphatic carbocycles. The van der Waals surface area contributed by atoms with Gasteiger partial charge in [-0.25, -0.2) is 9.07 Å². The molecule has 1 fully saturated rings. The molecule has 2 aliphatic rings. The van der Waals surface area contributed by atoms with Gasteiger partial charge in [0.2, 0.25) is 0 Å². The Morgan fingerprint density at radius 2 is 2.00 bits per heavy atom. The fraction of sp³-hybridized carbons (Fsp3) is 0.333. The Hall–Kier alpha value is -2.79. The van der Waals surface area contributed by atoms with Gasteiger partial charge in [0.25, 0.3) is 0 Å². The summed E-state index contributed by atoms with van der Waals surface area (Å²) in [5, 5.41) is 16.2. The van der Waals surface area contributed by atoms with Crippen LogP contribution in [0.1, 0.15) is 43.1 Å². The second kappa shape index (κ2) is 6.63. The second-order valence-electron chi connectivity index (χ2n) is 8.47. The van der Waals surface area contributed by atoms with E-state index in [1.165, 1.54) is 17.7 Å². The standard InChI is InChI=1S/C24H24FN3O/c1-23-15-17-16-27-28(21-7-5-19(25)6-8-21)22(17)14-18(23)9-11-24(23,29)12-10-20-4-2-3-13-26-20/h2-8,13-14,16,29H,9-12,15H2,1H3. The number of aromatic nitrogens is 3. The normalized spacial score (nSPS) is 25.4. The van der Waals surface area contributed by atoms with E-state index in [1.54, 1.807) is 18.3 Å². The molecule has 2 heterocycles. The number of fused-ring (bicyclic) bond motifs is 2. The summed E-state index contributed by atoms with van der Waals surface area (Å²) in [7, 11) is 0. The van der Waals surface area contributed by atoms with Crippen molar-refractivity contribution in [2.24, 2.45) is 5.41 Å². The number of benzene rings is 1. The first kappa shape index (κ1) is 18.3. The highest BCUT2D eigenvalue weighted by Gasteiger charge is 2.54. The SMILES string of the molecule is CC12Cc3cnn(-c4ccc(F)cc4)c3C=C1CCC2(O)CCc1ccccn1. The van der Waals surface area contributed by atoms with Crippen LogP contribution >= 0.6 is 0 Å². The van der Waals surface area contributed by atoms with Crippen molar-refractivity contribution in [3.8, 4) is 5.69 Å². The van der Waals surface area contributed by atoms with E-state index in [1.807, 2.05) is 29.1 Å². The lowest BCUT2D eigenvalue weighted by molar-refractivity contribution is -0.0463. The molecule has 0 spiro atoms. The number of aliphatic hydroxyl groups is 1. The maximum atomic E-state index is 13.3. The van der Waals surface area contributed by atoms with Crippen LogP contribution in [-0.2, 0) is 12.8 Å². The average Bonchev–Trinajstić information content (AvgIpc) is 3.24. The summed E-state index contributed by atoms with van der Waals surface area (Å²) in [4.78, 5) is 4.41. The van der Waals surface area contributed by atoms with E-state index in [4.69, 9.17) is 0 Å². The topological polar surface area (TPSA) is 50.9 Å². The van der Waals surface area contributed by atoms with Crippen molar-refractivity contribution in [1.29, 1.82) is 0 Å². The molecule has 2 unspecified atom stereocenters. The van der Waals surface area contributed by atoms with E-state index >= 15 is 0 Å². The molecule has 1 saturated carbocycles. The van der Waals surface area contributed by atoms with Gasteiger partial charge in [0.15, 0.2) is 0 Å². The molecular formula is C24H24FN3O. The van der Waals surface area contributed by atoms with Crippen LogP contribution in [0.2, 0.25) is 0 Å². The fourth-order valence-corrected chi connectivity index (χ4v) is 5.00. The van der Waals surface area contributed by atoms with E-state index in [-0.39, 0.29) is 11.2 Å². The van der Waals surface area contributed by atoms with Gasteiger partial charge in [-0.15, -0.1) is 0 Å². The number of pyridine rings is 1. The minimum absolute atomic E-state index is 0.255. The van der Waals surface area contributed by atoms with Crippen LogP contribution in [-0.4, -0.2) is 25.5 Å². The van der Waals surface area contributed by atoms with Gasteiger partial charge < -0.3 is 5.11 Å². The number of hydrogen-bond acceptors (Lipinski definition) is 3. The van der Waals surface area contributed by atoms with Gasteiger partial charge in [-0.3, -0.25) is 4.98 Å².